The zero-order valence-corrected chi connectivity index (χ0v) is 14.0. The molecule has 0 saturated carbocycles. The topological polar surface area (TPSA) is 165 Å². The van der Waals surface area contributed by atoms with Crippen LogP contribution in [0.4, 0.5) is 5.69 Å². The van der Waals surface area contributed by atoms with Crippen molar-refractivity contribution in [3.63, 3.8) is 0 Å². The fourth-order valence-electron chi connectivity index (χ4n) is 1.71. The quantitative estimate of drug-likeness (QED) is 0.244. The van der Waals surface area contributed by atoms with E-state index in [1.807, 2.05) is 0 Å². The molecule has 1 aromatic carbocycles. The van der Waals surface area contributed by atoms with Crippen LogP contribution in [0.3, 0.4) is 0 Å². The molecule has 1 unspecified atom stereocenters. The fourth-order valence-corrected chi connectivity index (χ4v) is 1.71. The number of carbonyl (C=O) groups is 3. The van der Waals surface area contributed by atoms with Crippen LogP contribution in [-0.4, -0.2) is 33.9 Å². The lowest BCUT2D eigenvalue weighted by atomic mass is 9.96. The summed E-state index contributed by atoms with van der Waals surface area (Å²) in [5.41, 5.74) is 7.19. The third-order valence-corrected chi connectivity index (χ3v) is 2.84. The van der Waals surface area contributed by atoms with Gasteiger partial charge in [-0.05, 0) is 32.9 Å². The minimum atomic E-state index is -2.44. The zero-order valence-electron chi connectivity index (χ0n) is 14.0. The van der Waals surface area contributed by atoms with Gasteiger partial charge in [0.2, 0.25) is 11.4 Å². The second-order valence-corrected chi connectivity index (χ2v) is 6.26. The van der Waals surface area contributed by atoms with E-state index in [0.717, 1.165) is 24.3 Å². The van der Waals surface area contributed by atoms with Crippen LogP contribution in [-0.2, 0) is 19.1 Å². The van der Waals surface area contributed by atoms with Crippen LogP contribution < -0.4 is 16.2 Å². The molecule has 1 rings (SSSR count). The van der Waals surface area contributed by atoms with Crippen LogP contribution in [0.15, 0.2) is 24.3 Å². The van der Waals surface area contributed by atoms with Crippen molar-refractivity contribution in [2.45, 2.75) is 38.3 Å². The van der Waals surface area contributed by atoms with Crippen molar-refractivity contribution in [3.05, 3.63) is 34.4 Å². The Morgan fingerprint density at radius 2 is 1.64 bits per heavy atom. The molecule has 10 nitrogen and oxygen atoms in total. The van der Waals surface area contributed by atoms with Crippen LogP contribution in [0.1, 0.15) is 27.2 Å². The second kappa shape index (κ2) is 7.26. The number of esters is 2. The first kappa shape index (κ1) is 20.0. The summed E-state index contributed by atoms with van der Waals surface area (Å²) < 4.78 is 10.0. The Morgan fingerprint density at radius 1 is 1.12 bits per heavy atom. The number of amides is 1. The lowest BCUT2D eigenvalue weighted by molar-refractivity contribution is -0.384. The van der Waals surface area contributed by atoms with Gasteiger partial charge in [0, 0.05) is 12.1 Å². The Bertz CT molecular complexity index is 694. The van der Waals surface area contributed by atoms with E-state index >= 15 is 0 Å². The number of rotatable bonds is 6. The zero-order chi connectivity index (χ0) is 19.4. The van der Waals surface area contributed by atoms with E-state index in [-0.39, 0.29) is 11.4 Å². The van der Waals surface area contributed by atoms with E-state index in [2.05, 4.69) is 0 Å². The summed E-state index contributed by atoms with van der Waals surface area (Å²) >= 11 is 0. The maximum absolute atomic E-state index is 12.3. The number of hydrogen-bond donors (Lipinski definition) is 2. The Balaban J connectivity index is 3.05. The molecule has 136 valence electrons. The maximum Gasteiger partial charge on any atom is 0.343 e. The fraction of sp³-hybridized carbons (Fsp3) is 0.400. The normalized spacial score (nSPS) is 13.4. The molecule has 1 aromatic rings. The first-order valence-electron chi connectivity index (χ1n) is 7.12. The number of nitrogens with two attached hydrogens (primary N) is 2. The molecule has 0 fully saturated rings. The number of nitrogens with zero attached hydrogens (tertiary/aromatic N) is 1. The Hall–Kier alpha value is -3.01. The highest BCUT2D eigenvalue weighted by Crippen LogP contribution is 2.22. The first-order valence-corrected chi connectivity index (χ1v) is 7.12. The van der Waals surface area contributed by atoms with Gasteiger partial charge in [-0.3, -0.25) is 14.9 Å². The predicted molar refractivity (Wildman–Crippen MR) is 85.3 cm³/mol. The SMILES string of the molecule is CC(C)(C)OC(=O)C(N)(CC(N)=O)C(=O)Oc1ccc([N+](=O)[O-])cc1. The molecule has 0 aliphatic carbocycles. The summed E-state index contributed by atoms with van der Waals surface area (Å²) in [4.78, 5) is 45.8. The molecule has 4 N–H and O–H groups in total. The average Bonchev–Trinajstić information content (AvgIpc) is 2.45. The number of nitro groups is 1. The van der Waals surface area contributed by atoms with Gasteiger partial charge in [-0.1, -0.05) is 0 Å². The van der Waals surface area contributed by atoms with E-state index < -0.39 is 40.3 Å². The highest BCUT2D eigenvalue weighted by Gasteiger charge is 2.48. The third-order valence-electron chi connectivity index (χ3n) is 2.84. The molecule has 0 saturated heterocycles. The molecule has 1 amide bonds. The van der Waals surface area contributed by atoms with Gasteiger partial charge in [0.25, 0.3) is 5.69 Å². The van der Waals surface area contributed by atoms with E-state index in [1.54, 1.807) is 20.8 Å². The Kier molecular flexibility index (Phi) is 5.82. The van der Waals surface area contributed by atoms with Crippen molar-refractivity contribution < 1.29 is 28.8 Å². The Labute approximate surface area is 143 Å². The van der Waals surface area contributed by atoms with Gasteiger partial charge in [0.05, 0.1) is 11.3 Å². The summed E-state index contributed by atoms with van der Waals surface area (Å²) in [5.74, 6) is -3.55. The minimum absolute atomic E-state index is 0.0987. The molecule has 0 bridgehead atoms. The summed E-state index contributed by atoms with van der Waals surface area (Å²) in [5, 5.41) is 10.6. The van der Waals surface area contributed by atoms with E-state index in [4.69, 9.17) is 20.9 Å². The van der Waals surface area contributed by atoms with Gasteiger partial charge in [0.1, 0.15) is 11.4 Å². The summed E-state index contributed by atoms with van der Waals surface area (Å²) in [6.45, 7) is 4.66. The summed E-state index contributed by atoms with van der Waals surface area (Å²) in [6, 6.07) is 4.50. The van der Waals surface area contributed by atoms with Gasteiger partial charge >= 0.3 is 11.9 Å². The van der Waals surface area contributed by atoms with Crippen molar-refractivity contribution in [1.29, 1.82) is 0 Å². The van der Waals surface area contributed by atoms with Gasteiger partial charge in [-0.25, -0.2) is 9.59 Å². The lowest BCUT2D eigenvalue weighted by Crippen LogP contribution is -2.60. The van der Waals surface area contributed by atoms with Crippen LogP contribution >= 0.6 is 0 Å². The van der Waals surface area contributed by atoms with E-state index in [1.165, 1.54) is 0 Å². The molecular formula is C15H19N3O7. The third kappa shape index (κ3) is 5.53. The van der Waals surface area contributed by atoms with Crippen LogP contribution in [0.5, 0.6) is 5.75 Å². The molecule has 25 heavy (non-hydrogen) atoms. The second-order valence-electron chi connectivity index (χ2n) is 6.26. The molecule has 1 atom stereocenters. The number of non-ortho nitro benzene ring substituents is 1. The van der Waals surface area contributed by atoms with Gasteiger partial charge < -0.3 is 20.9 Å². The molecule has 0 radical (unpaired) electrons. The van der Waals surface area contributed by atoms with Crippen molar-refractivity contribution in [1.82, 2.24) is 0 Å². The average molecular weight is 353 g/mol. The van der Waals surface area contributed by atoms with Crippen molar-refractivity contribution in [3.8, 4) is 5.75 Å². The number of carbonyl (C=O) groups excluding carboxylic acids is 3. The molecule has 0 aliphatic heterocycles. The van der Waals surface area contributed by atoms with Gasteiger partial charge in [-0.15, -0.1) is 0 Å². The molecule has 0 heterocycles. The van der Waals surface area contributed by atoms with Crippen molar-refractivity contribution in [2.75, 3.05) is 0 Å². The summed E-state index contributed by atoms with van der Waals surface area (Å²) in [7, 11) is 0. The monoisotopic (exact) mass is 353 g/mol. The molecule has 0 spiro atoms. The van der Waals surface area contributed by atoms with Gasteiger partial charge in [-0.2, -0.15) is 0 Å². The van der Waals surface area contributed by atoms with Crippen molar-refractivity contribution in [2.24, 2.45) is 11.5 Å². The van der Waals surface area contributed by atoms with Crippen LogP contribution in [0.2, 0.25) is 0 Å². The standard InChI is InChI=1S/C15H19N3O7/c1-14(2,3)25-13(21)15(17,8-11(16)19)12(20)24-10-6-4-9(5-7-10)18(22)23/h4-7H,8,17H2,1-3H3,(H2,16,19). The molecule has 10 heteroatoms. The number of ether oxygens (including phenoxy) is 2. The molecule has 0 aromatic heterocycles. The molecular weight excluding hydrogens is 334 g/mol. The highest BCUT2D eigenvalue weighted by atomic mass is 16.6. The van der Waals surface area contributed by atoms with E-state index in [0.29, 0.717) is 0 Å². The van der Waals surface area contributed by atoms with Crippen molar-refractivity contribution >= 4 is 23.5 Å². The van der Waals surface area contributed by atoms with Crippen LogP contribution in [0, 0.1) is 10.1 Å². The predicted octanol–water partition coefficient (Wildman–Crippen LogP) is 0.415. The van der Waals surface area contributed by atoms with E-state index in [9.17, 15) is 24.5 Å². The largest absolute Gasteiger partial charge is 0.458 e. The number of hydrogen-bond acceptors (Lipinski definition) is 8. The maximum atomic E-state index is 12.3. The minimum Gasteiger partial charge on any atom is -0.458 e. The van der Waals surface area contributed by atoms with Gasteiger partial charge in [0.15, 0.2) is 0 Å². The number of primary amides is 1. The summed E-state index contributed by atoms with van der Waals surface area (Å²) in [6.07, 6.45) is -0.826. The van der Waals surface area contributed by atoms with Crippen LogP contribution in [0.25, 0.3) is 0 Å². The highest BCUT2D eigenvalue weighted by molar-refractivity contribution is 6.08. The Morgan fingerprint density at radius 3 is 2.04 bits per heavy atom. The lowest BCUT2D eigenvalue weighted by Gasteiger charge is -2.28. The first-order chi connectivity index (χ1) is 11.3. The number of nitro benzene ring substituents is 1. The smallest absolute Gasteiger partial charge is 0.343 e. The molecule has 0 aliphatic rings. The number of benzene rings is 1.